The van der Waals surface area contributed by atoms with Gasteiger partial charge in [0.25, 0.3) is 5.92 Å². The molecule has 1 saturated carbocycles. The van der Waals surface area contributed by atoms with Crippen molar-refractivity contribution in [3.05, 3.63) is 47.9 Å². The number of nitriles is 1. The fourth-order valence-electron chi connectivity index (χ4n) is 3.14. The number of nitrogens with one attached hydrogen (secondary N) is 2. The SMILES string of the molecule is CC(Nc1nc(Nc2ccnc(C3(C#N)CC3)c2)nc(-c2cccc(C(C)(F)F)n2)n1)C(F)(F)F. The van der Waals surface area contributed by atoms with Crippen LogP contribution in [0.25, 0.3) is 11.5 Å². The molecule has 2 N–H and O–H groups in total. The molecule has 1 aliphatic rings. The number of hydrogen-bond donors (Lipinski definition) is 2. The van der Waals surface area contributed by atoms with Crippen LogP contribution in [0.15, 0.2) is 36.5 Å². The molecule has 3 aromatic heterocycles. The van der Waals surface area contributed by atoms with Crippen LogP contribution in [0.4, 0.5) is 39.5 Å². The van der Waals surface area contributed by atoms with Gasteiger partial charge >= 0.3 is 6.18 Å². The summed E-state index contributed by atoms with van der Waals surface area (Å²) in [6, 6.07) is 7.24. The van der Waals surface area contributed by atoms with Crippen molar-refractivity contribution in [2.75, 3.05) is 10.6 Å². The first-order valence-corrected chi connectivity index (χ1v) is 10.5. The quantitative estimate of drug-likeness (QED) is 0.440. The van der Waals surface area contributed by atoms with Gasteiger partial charge < -0.3 is 10.6 Å². The van der Waals surface area contributed by atoms with Gasteiger partial charge in [-0.1, -0.05) is 6.07 Å². The molecule has 182 valence electrons. The Morgan fingerprint density at radius 3 is 2.37 bits per heavy atom. The van der Waals surface area contributed by atoms with E-state index >= 15 is 0 Å². The second kappa shape index (κ2) is 8.68. The second-order valence-electron chi connectivity index (χ2n) is 8.26. The van der Waals surface area contributed by atoms with Gasteiger partial charge in [-0.05, 0) is 44.0 Å². The van der Waals surface area contributed by atoms with E-state index in [9.17, 15) is 27.2 Å². The van der Waals surface area contributed by atoms with Crippen molar-refractivity contribution in [3.8, 4) is 17.6 Å². The first-order valence-electron chi connectivity index (χ1n) is 10.5. The molecule has 1 unspecified atom stereocenters. The highest BCUT2D eigenvalue weighted by atomic mass is 19.4. The first-order chi connectivity index (χ1) is 16.4. The van der Waals surface area contributed by atoms with E-state index in [0.717, 1.165) is 13.0 Å². The molecule has 3 aromatic rings. The Kier molecular flexibility index (Phi) is 6.00. The minimum Gasteiger partial charge on any atom is -0.343 e. The minimum atomic E-state index is -4.58. The van der Waals surface area contributed by atoms with Gasteiger partial charge in [-0.3, -0.25) is 4.98 Å². The molecule has 13 heteroatoms. The summed E-state index contributed by atoms with van der Waals surface area (Å²) in [6.45, 7) is 1.56. The maximum absolute atomic E-state index is 13.8. The second-order valence-corrected chi connectivity index (χ2v) is 8.26. The zero-order chi connectivity index (χ0) is 25.4. The minimum absolute atomic E-state index is 0.0750. The van der Waals surface area contributed by atoms with E-state index in [-0.39, 0.29) is 17.5 Å². The van der Waals surface area contributed by atoms with E-state index in [1.54, 1.807) is 12.1 Å². The summed E-state index contributed by atoms with van der Waals surface area (Å²) in [5, 5.41) is 14.4. The Labute approximate surface area is 196 Å². The molecular formula is C22H19F5N8. The van der Waals surface area contributed by atoms with Gasteiger partial charge in [0, 0.05) is 18.8 Å². The molecule has 0 saturated heterocycles. The standard InChI is InChI=1S/C22H19F5N8/c1-12(22(25,26)27)30-18-33-17(14-4-3-5-15(32-14)20(2,23)24)34-19(35-18)31-13-6-9-29-16(10-13)21(11-28)7-8-21/h3-6,9-10,12H,7-8H2,1-2H3,(H2,29,30,31,33,34,35). The summed E-state index contributed by atoms with van der Waals surface area (Å²) in [6.07, 6.45) is -1.76. The van der Waals surface area contributed by atoms with Crippen LogP contribution in [-0.2, 0) is 11.3 Å². The lowest BCUT2D eigenvalue weighted by Crippen LogP contribution is -2.34. The zero-order valence-corrected chi connectivity index (χ0v) is 18.5. The summed E-state index contributed by atoms with van der Waals surface area (Å²) in [7, 11) is 0. The molecule has 0 bridgehead atoms. The highest BCUT2D eigenvalue weighted by molar-refractivity contribution is 5.60. The average Bonchev–Trinajstić information content (AvgIpc) is 3.59. The van der Waals surface area contributed by atoms with E-state index in [4.69, 9.17) is 0 Å². The lowest BCUT2D eigenvalue weighted by molar-refractivity contribution is -0.138. The molecule has 0 radical (unpaired) electrons. The zero-order valence-electron chi connectivity index (χ0n) is 18.5. The molecule has 4 rings (SSSR count). The molecule has 35 heavy (non-hydrogen) atoms. The van der Waals surface area contributed by atoms with Crippen LogP contribution >= 0.6 is 0 Å². The highest BCUT2D eigenvalue weighted by Crippen LogP contribution is 2.47. The number of alkyl halides is 5. The summed E-state index contributed by atoms with van der Waals surface area (Å²) in [4.78, 5) is 20.2. The Morgan fingerprint density at radius 2 is 1.74 bits per heavy atom. The number of nitrogens with zero attached hydrogens (tertiary/aromatic N) is 6. The van der Waals surface area contributed by atoms with Gasteiger partial charge in [0.1, 0.15) is 17.4 Å². The molecule has 1 atom stereocenters. The van der Waals surface area contributed by atoms with Crippen molar-refractivity contribution >= 4 is 17.6 Å². The predicted molar refractivity (Wildman–Crippen MR) is 116 cm³/mol. The van der Waals surface area contributed by atoms with Crippen LogP contribution in [0.5, 0.6) is 0 Å². The van der Waals surface area contributed by atoms with Crippen LogP contribution in [0.1, 0.15) is 38.1 Å². The molecular weight excluding hydrogens is 471 g/mol. The van der Waals surface area contributed by atoms with Gasteiger partial charge in [0.15, 0.2) is 5.82 Å². The Bertz CT molecular complexity index is 1280. The summed E-state index contributed by atoms with van der Waals surface area (Å²) in [5.41, 5.74) is -0.303. The average molecular weight is 490 g/mol. The molecule has 0 aromatic carbocycles. The van der Waals surface area contributed by atoms with Crippen LogP contribution < -0.4 is 10.6 Å². The van der Waals surface area contributed by atoms with Crippen LogP contribution in [0, 0.1) is 11.3 Å². The van der Waals surface area contributed by atoms with Crippen LogP contribution in [0.3, 0.4) is 0 Å². The number of hydrogen-bond acceptors (Lipinski definition) is 8. The maximum Gasteiger partial charge on any atom is 0.408 e. The van der Waals surface area contributed by atoms with Crippen molar-refractivity contribution in [3.63, 3.8) is 0 Å². The molecule has 8 nitrogen and oxygen atoms in total. The third-order valence-corrected chi connectivity index (χ3v) is 5.37. The van der Waals surface area contributed by atoms with Crippen molar-refractivity contribution in [1.82, 2.24) is 24.9 Å². The monoisotopic (exact) mass is 490 g/mol. The normalized spacial score (nSPS) is 15.7. The highest BCUT2D eigenvalue weighted by Gasteiger charge is 2.46. The van der Waals surface area contributed by atoms with E-state index in [2.05, 4.69) is 41.6 Å². The van der Waals surface area contributed by atoms with Crippen LogP contribution in [0.2, 0.25) is 0 Å². The maximum atomic E-state index is 13.8. The van der Waals surface area contributed by atoms with Gasteiger partial charge in [-0.25, -0.2) is 4.98 Å². The van der Waals surface area contributed by atoms with Gasteiger partial charge in [0.05, 0.1) is 17.2 Å². The lowest BCUT2D eigenvalue weighted by Gasteiger charge is -2.18. The van der Waals surface area contributed by atoms with Gasteiger partial charge in [-0.2, -0.15) is 42.2 Å². The number of anilines is 3. The largest absolute Gasteiger partial charge is 0.408 e. The van der Waals surface area contributed by atoms with Gasteiger partial charge in [0.2, 0.25) is 11.9 Å². The topological polar surface area (TPSA) is 112 Å². The number of pyridine rings is 2. The van der Waals surface area contributed by atoms with Crippen molar-refractivity contribution < 1.29 is 22.0 Å². The third-order valence-electron chi connectivity index (χ3n) is 5.37. The Hall–Kier alpha value is -3.95. The molecule has 0 aliphatic heterocycles. The fourth-order valence-corrected chi connectivity index (χ4v) is 3.14. The number of halogens is 5. The third kappa shape index (κ3) is 5.42. The Balaban J connectivity index is 1.72. The smallest absolute Gasteiger partial charge is 0.343 e. The Morgan fingerprint density at radius 1 is 1.03 bits per heavy atom. The molecule has 0 amide bonds. The lowest BCUT2D eigenvalue weighted by atomic mass is 10.0. The molecule has 0 spiro atoms. The van der Waals surface area contributed by atoms with E-state index in [1.807, 2.05) is 0 Å². The van der Waals surface area contributed by atoms with E-state index < -0.39 is 35.2 Å². The van der Waals surface area contributed by atoms with Crippen molar-refractivity contribution in [2.45, 2.75) is 50.2 Å². The summed E-state index contributed by atoms with van der Waals surface area (Å²) in [5.74, 6) is -4.04. The van der Waals surface area contributed by atoms with Crippen molar-refractivity contribution in [2.24, 2.45) is 0 Å². The molecule has 3 heterocycles. The fraction of sp³-hybridized carbons (Fsp3) is 0.364. The summed E-state index contributed by atoms with van der Waals surface area (Å²) >= 11 is 0. The van der Waals surface area contributed by atoms with Crippen molar-refractivity contribution in [1.29, 1.82) is 5.26 Å². The van der Waals surface area contributed by atoms with Gasteiger partial charge in [-0.15, -0.1) is 0 Å². The molecule has 1 aliphatic carbocycles. The van der Waals surface area contributed by atoms with Crippen LogP contribution in [-0.4, -0.2) is 37.1 Å². The van der Waals surface area contributed by atoms with E-state index in [0.29, 0.717) is 31.1 Å². The number of rotatable bonds is 7. The summed E-state index contributed by atoms with van der Waals surface area (Å²) < 4.78 is 66.9. The molecule has 1 fully saturated rings. The first kappa shape index (κ1) is 24.2. The predicted octanol–water partition coefficient (Wildman–Crippen LogP) is 5.10. The van der Waals surface area contributed by atoms with E-state index in [1.165, 1.54) is 18.3 Å². The number of aromatic nitrogens is 5.